The van der Waals surface area contributed by atoms with Gasteiger partial charge in [0.2, 0.25) is 5.78 Å². The summed E-state index contributed by atoms with van der Waals surface area (Å²) in [7, 11) is 3.78. The molecule has 4 aliphatic rings. The fraction of sp³-hybridized carbons (Fsp3) is 0.400. The van der Waals surface area contributed by atoms with E-state index in [1.807, 2.05) is 86.6 Å². The molecule has 3 aromatic carbocycles. The van der Waals surface area contributed by atoms with E-state index in [4.69, 9.17) is 14.0 Å². The molecule has 2 heterocycles. The Bertz CT molecular complexity index is 2050. The Kier molecular flexibility index (Phi) is 8.71. The number of aliphatic hydroxyl groups is 1. The second kappa shape index (κ2) is 13.3. The minimum Gasteiger partial charge on any atom is -0.486 e. The first-order chi connectivity index (χ1) is 25.1. The van der Waals surface area contributed by atoms with E-state index < -0.39 is 52.6 Å². The highest BCUT2D eigenvalue weighted by molar-refractivity contribution is 6.27. The summed E-state index contributed by atoms with van der Waals surface area (Å²) < 4.78 is 35.0. The molecule has 0 bridgehead atoms. The molecule has 1 aliphatic heterocycles. The van der Waals surface area contributed by atoms with Crippen molar-refractivity contribution in [1.29, 1.82) is 0 Å². The molecular weight excluding hydrogens is 667 g/mol. The van der Waals surface area contributed by atoms with Crippen molar-refractivity contribution in [2.45, 2.75) is 57.1 Å². The predicted molar refractivity (Wildman–Crippen MR) is 188 cm³/mol. The number of benzene rings is 3. The Labute approximate surface area is 300 Å². The van der Waals surface area contributed by atoms with Gasteiger partial charge in [0, 0.05) is 29.6 Å². The molecule has 3 N–H and O–H groups in total. The van der Waals surface area contributed by atoms with Crippen LogP contribution in [0.4, 0.5) is 10.1 Å². The number of nitrogens with zero attached hydrogens (tertiary/aromatic N) is 2. The Balaban J connectivity index is 1.21. The molecule has 1 saturated carbocycles. The van der Waals surface area contributed by atoms with E-state index in [9.17, 15) is 19.5 Å². The van der Waals surface area contributed by atoms with E-state index in [2.05, 4.69) is 15.8 Å². The lowest BCUT2D eigenvalue weighted by atomic mass is 9.54. The molecule has 6 unspecified atom stereocenters. The maximum absolute atomic E-state index is 17.0. The van der Waals surface area contributed by atoms with Crippen molar-refractivity contribution >= 4 is 23.0 Å². The van der Waals surface area contributed by atoms with Crippen LogP contribution >= 0.6 is 0 Å². The van der Waals surface area contributed by atoms with Gasteiger partial charge in [-0.1, -0.05) is 67.6 Å². The number of ketones is 3. The second-order valence-electron chi connectivity index (χ2n) is 14.4. The van der Waals surface area contributed by atoms with Crippen molar-refractivity contribution in [3.05, 3.63) is 106 Å². The van der Waals surface area contributed by atoms with Gasteiger partial charge in [0.25, 0.3) is 5.88 Å². The molecule has 8 rings (SSSR count). The van der Waals surface area contributed by atoms with Crippen molar-refractivity contribution in [2.24, 2.45) is 17.8 Å². The zero-order valence-electron chi connectivity index (χ0n) is 29.3. The number of fused-ring (bicyclic) bond motifs is 5. The quantitative estimate of drug-likeness (QED) is 0.197. The molecule has 1 aromatic heterocycles. The summed E-state index contributed by atoms with van der Waals surface area (Å²) in [5, 5.41) is 23.1. The molecule has 11 nitrogen and oxygen atoms in total. The third-order valence-electron chi connectivity index (χ3n) is 11.2. The molecule has 0 spiro atoms. The van der Waals surface area contributed by atoms with Crippen molar-refractivity contribution in [3.8, 4) is 11.6 Å². The van der Waals surface area contributed by atoms with E-state index in [-0.39, 0.29) is 66.2 Å². The number of carbonyl (C=O) groups excluding carboxylic acids is 3. The molecule has 3 aliphatic carbocycles. The van der Waals surface area contributed by atoms with Crippen LogP contribution < -0.4 is 20.1 Å². The van der Waals surface area contributed by atoms with Crippen LogP contribution in [0.5, 0.6) is 11.6 Å². The lowest BCUT2D eigenvalue weighted by molar-refractivity contribution is -0.151. The molecule has 52 heavy (non-hydrogen) atoms. The van der Waals surface area contributed by atoms with Gasteiger partial charge in [0.15, 0.2) is 28.7 Å². The zero-order valence-corrected chi connectivity index (χ0v) is 29.3. The van der Waals surface area contributed by atoms with Crippen LogP contribution in [0.1, 0.15) is 80.6 Å². The molecule has 6 atom stereocenters. The number of ether oxygens (including phenoxy) is 2. The smallest absolute Gasteiger partial charge is 0.265 e. The monoisotopic (exact) mass is 708 g/mol. The number of carbonyl (C=O) groups is 3. The maximum Gasteiger partial charge on any atom is 0.265 e. The first-order valence-electron chi connectivity index (χ1n) is 17.9. The van der Waals surface area contributed by atoms with E-state index in [1.54, 1.807) is 0 Å². The summed E-state index contributed by atoms with van der Waals surface area (Å²) in [4.78, 5) is 45.9. The van der Waals surface area contributed by atoms with Gasteiger partial charge in [-0.3, -0.25) is 14.4 Å². The van der Waals surface area contributed by atoms with E-state index in [0.29, 0.717) is 30.8 Å². The van der Waals surface area contributed by atoms with Gasteiger partial charge in [-0.2, -0.15) is 0 Å². The highest BCUT2D eigenvalue weighted by Crippen LogP contribution is 2.56. The van der Waals surface area contributed by atoms with Crippen molar-refractivity contribution < 1.29 is 37.9 Å². The standard InChI is InChI=1S/C40H41FN4O7/c1-4-42-32-25-18-23-17-24-28(35(50-19-21-11-7-5-8-12-21)33-29(31(24)41)26(45(2)3)15-16-43-33)34(46)27(23)37(47)40(25,49)38(48)30-36(32)52-44-39(30)51-20-22-13-9-6-10-14-22/h5-14,23,25-27,32,42-43,49H,4,15-20H2,1-3H3. The summed E-state index contributed by atoms with van der Waals surface area (Å²) in [6, 6.07) is 17.6. The van der Waals surface area contributed by atoms with Crippen LogP contribution in [0.15, 0.2) is 65.2 Å². The zero-order chi connectivity index (χ0) is 36.3. The third-order valence-corrected chi connectivity index (χ3v) is 11.2. The summed E-state index contributed by atoms with van der Waals surface area (Å²) in [6.45, 7) is 2.96. The molecule has 0 amide bonds. The minimum absolute atomic E-state index is 0.0141. The van der Waals surface area contributed by atoms with Gasteiger partial charge in [0.1, 0.15) is 24.6 Å². The number of nitrogens with one attached hydrogen (secondary N) is 2. The number of Topliss-reactive ketones (excluding diaryl/α,β-unsaturated/α-hetero) is 3. The fourth-order valence-electron chi connectivity index (χ4n) is 8.81. The average molecular weight is 709 g/mol. The molecular formula is C40H41FN4O7. The van der Waals surface area contributed by atoms with Crippen LogP contribution in [0.25, 0.3) is 0 Å². The summed E-state index contributed by atoms with van der Waals surface area (Å²) in [5.41, 5.74) is -0.0521. The first kappa shape index (κ1) is 34.2. The summed E-state index contributed by atoms with van der Waals surface area (Å²) >= 11 is 0. The highest BCUT2D eigenvalue weighted by Gasteiger charge is 2.67. The van der Waals surface area contributed by atoms with Gasteiger partial charge in [0.05, 0.1) is 23.2 Å². The largest absolute Gasteiger partial charge is 0.486 e. The Hall–Kier alpha value is -4.91. The third kappa shape index (κ3) is 5.26. The Morgan fingerprint density at radius 1 is 1.02 bits per heavy atom. The van der Waals surface area contributed by atoms with Gasteiger partial charge in [-0.05, 0) is 62.1 Å². The van der Waals surface area contributed by atoms with Crippen LogP contribution in [0.2, 0.25) is 0 Å². The maximum atomic E-state index is 17.0. The SMILES string of the molecule is CCNC1c2onc(OCc3ccccc3)c2C(=O)C2(O)C(=O)C3C(=O)c4c(c(F)c5c(c4OCc4ccccc4)NCCC5N(C)C)CC3CC12. The van der Waals surface area contributed by atoms with Gasteiger partial charge in [-0.25, -0.2) is 4.39 Å². The van der Waals surface area contributed by atoms with Crippen LogP contribution in [-0.2, 0) is 24.4 Å². The minimum atomic E-state index is -2.59. The molecule has 0 saturated heterocycles. The Morgan fingerprint density at radius 3 is 2.35 bits per heavy atom. The van der Waals surface area contributed by atoms with Gasteiger partial charge in [-0.15, -0.1) is 0 Å². The topological polar surface area (TPSA) is 143 Å². The lowest BCUT2D eigenvalue weighted by Crippen LogP contribution is -2.66. The first-order valence-corrected chi connectivity index (χ1v) is 17.9. The number of anilines is 1. The molecule has 1 fully saturated rings. The lowest BCUT2D eigenvalue weighted by Gasteiger charge is -2.50. The van der Waals surface area contributed by atoms with E-state index in [1.165, 1.54) is 0 Å². The average Bonchev–Trinajstić information content (AvgIpc) is 3.58. The predicted octanol–water partition coefficient (Wildman–Crippen LogP) is 5.23. The van der Waals surface area contributed by atoms with Crippen LogP contribution in [0, 0.1) is 23.6 Å². The van der Waals surface area contributed by atoms with E-state index in [0.717, 1.165) is 11.1 Å². The Morgan fingerprint density at radius 2 is 1.69 bits per heavy atom. The van der Waals surface area contributed by atoms with Crippen molar-refractivity contribution in [3.63, 3.8) is 0 Å². The molecule has 270 valence electrons. The van der Waals surface area contributed by atoms with Crippen LogP contribution in [-0.4, -0.2) is 65.3 Å². The highest BCUT2D eigenvalue weighted by atomic mass is 19.1. The number of hydrogen-bond acceptors (Lipinski definition) is 11. The van der Waals surface area contributed by atoms with E-state index >= 15 is 4.39 Å². The number of hydrogen-bond donors (Lipinski definition) is 3. The molecule has 12 heteroatoms. The number of halogens is 1. The van der Waals surface area contributed by atoms with Crippen LogP contribution in [0.3, 0.4) is 0 Å². The number of rotatable bonds is 9. The molecule has 4 aromatic rings. The summed E-state index contributed by atoms with van der Waals surface area (Å²) in [5.74, 6) is -5.87. The van der Waals surface area contributed by atoms with Gasteiger partial charge < -0.3 is 34.6 Å². The normalized spacial score (nSPS) is 26.1. The molecule has 0 radical (unpaired) electrons. The summed E-state index contributed by atoms with van der Waals surface area (Å²) in [6.07, 6.45) is 0.769. The van der Waals surface area contributed by atoms with Crippen molar-refractivity contribution in [1.82, 2.24) is 15.4 Å². The number of aromatic nitrogens is 1. The fourth-order valence-corrected chi connectivity index (χ4v) is 8.81. The van der Waals surface area contributed by atoms with Gasteiger partial charge >= 0.3 is 0 Å². The second-order valence-corrected chi connectivity index (χ2v) is 14.4. The van der Waals surface area contributed by atoms with Crippen molar-refractivity contribution in [2.75, 3.05) is 32.5 Å².